The lowest BCUT2D eigenvalue weighted by molar-refractivity contribution is -0.124. The van der Waals surface area contributed by atoms with E-state index in [4.69, 9.17) is 0 Å². The van der Waals surface area contributed by atoms with Crippen molar-refractivity contribution in [1.82, 2.24) is 10.2 Å². The Kier molecular flexibility index (Phi) is 6.57. The maximum Gasteiger partial charge on any atom is 0.238 e. The molecule has 1 saturated heterocycles. The summed E-state index contributed by atoms with van der Waals surface area (Å²) in [5, 5.41) is 7.72. The molecule has 0 spiro atoms. The largest absolute Gasteiger partial charge is 0.354 e. The first-order valence-electron chi connectivity index (χ1n) is 10.2. The fourth-order valence-corrected chi connectivity index (χ4v) is 5.88. The van der Waals surface area contributed by atoms with E-state index in [1.807, 2.05) is 24.3 Å². The topological polar surface area (TPSA) is 61.4 Å². The zero-order valence-electron chi connectivity index (χ0n) is 16.6. The molecule has 0 bridgehead atoms. The van der Waals surface area contributed by atoms with Gasteiger partial charge in [-0.2, -0.15) is 0 Å². The summed E-state index contributed by atoms with van der Waals surface area (Å²) < 4.78 is 0. The number of benzene rings is 1. The highest BCUT2D eigenvalue weighted by molar-refractivity contribution is 8.01. The number of anilines is 1. The summed E-state index contributed by atoms with van der Waals surface area (Å²) in [6, 6.07) is 12.2. The van der Waals surface area contributed by atoms with E-state index in [2.05, 4.69) is 40.0 Å². The van der Waals surface area contributed by atoms with E-state index in [9.17, 15) is 9.59 Å². The first-order chi connectivity index (χ1) is 14.1. The summed E-state index contributed by atoms with van der Waals surface area (Å²) in [7, 11) is 0. The van der Waals surface area contributed by atoms with Crippen molar-refractivity contribution in [3.63, 3.8) is 0 Å². The summed E-state index contributed by atoms with van der Waals surface area (Å²) in [5.41, 5.74) is 0.830. The Bertz CT molecular complexity index is 848. The molecule has 2 aliphatic heterocycles. The normalized spacial score (nSPS) is 21.3. The molecule has 2 amide bonds. The summed E-state index contributed by atoms with van der Waals surface area (Å²) >= 11 is 3.22. The number of thioether (sulfide) groups is 1. The average Bonchev–Trinajstić information content (AvgIpc) is 3.24. The van der Waals surface area contributed by atoms with Gasteiger partial charge in [0.1, 0.15) is 0 Å². The lowest BCUT2D eigenvalue weighted by Crippen LogP contribution is -2.42. The van der Waals surface area contributed by atoms with Gasteiger partial charge in [0, 0.05) is 22.7 Å². The third-order valence-electron chi connectivity index (χ3n) is 5.70. The molecule has 2 atom stereocenters. The average molecular weight is 430 g/mol. The van der Waals surface area contributed by atoms with Gasteiger partial charge in [-0.25, -0.2) is 0 Å². The zero-order valence-corrected chi connectivity index (χ0v) is 18.2. The van der Waals surface area contributed by atoms with E-state index in [1.54, 1.807) is 11.3 Å². The smallest absolute Gasteiger partial charge is 0.238 e. The van der Waals surface area contributed by atoms with Crippen LogP contribution in [0.3, 0.4) is 0 Å². The number of amides is 2. The van der Waals surface area contributed by atoms with Gasteiger partial charge in [-0.1, -0.05) is 25.1 Å². The number of hydrogen-bond donors (Lipinski definition) is 2. The maximum absolute atomic E-state index is 12.7. The molecule has 29 heavy (non-hydrogen) atoms. The number of piperidine rings is 1. The lowest BCUT2D eigenvalue weighted by Gasteiger charge is -2.36. The van der Waals surface area contributed by atoms with Gasteiger partial charge in [-0.05, 0) is 55.4 Å². The Balaban J connectivity index is 1.35. The number of carbonyl (C=O) groups excluding carboxylic acids is 2. The molecule has 1 aromatic carbocycles. The Hall–Kier alpha value is -1.83. The number of hydrogen-bond acceptors (Lipinski definition) is 5. The van der Waals surface area contributed by atoms with E-state index in [0.717, 1.165) is 29.6 Å². The highest BCUT2D eigenvalue weighted by atomic mass is 32.2. The summed E-state index contributed by atoms with van der Waals surface area (Å²) in [6.45, 7) is 5.03. The van der Waals surface area contributed by atoms with Gasteiger partial charge in [-0.3, -0.25) is 14.5 Å². The van der Waals surface area contributed by atoms with Gasteiger partial charge < -0.3 is 10.6 Å². The van der Waals surface area contributed by atoms with Gasteiger partial charge in [-0.15, -0.1) is 23.1 Å². The fourth-order valence-electron chi connectivity index (χ4n) is 3.91. The molecule has 2 unspecified atom stereocenters. The SMILES string of the molecule is CC1CCN(C(CNC(=O)CC2Sc3ccccc3NC2=O)c2cccs2)CC1. The molecule has 1 fully saturated rings. The number of nitrogens with one attached hydrogen (secondary N) is 2. The molecular formula is C22H27N3O2S2. The number of nitrogens with zero attached hydrogens (tertiary/aromatic N) is 1. The molecule has 2 aliphatic rings. The molecule has 2 aromatic rings. The fraction of sp³-hybridized carbons (Fsp3) is 0.455. The van der Waals surface area contributed by atoms with Crippen molar-refractivity contribution in [3.8, 4) is 0 Å². The van der Waals surface area contributed by atoms with E-state index in [0.29, 0.717) is 6.54 Å². The van der Waals surface area contributed by atoms with Gasteiger partial charge in [0.05, 0.1) is 17.0 Å². The number of likely N-dealkylation sites (tertiary alicyclic amines) is 1. The molecule has 0 radical (unpaired) electrons. The van der Waals surface area contributed by atoms with Crippen LogP contribution in [0.4, 0.5) is 5.69 Å². The van der Waals surface area contributed by atoms with Crippen molar-refractivity contribution < 1.29 is 9.59 Å². The molecule has 7 heteroatoms. The number of carbonyl (C=O) groups is 2. The van der Waals surface area contributed by atoms with Gasteiger partial charge in [0.2, 0.25) is 11.8 Å². The Morgan fingerprint density at radius 2 is 2.03 bits per heavy atom. The molecular weight excluding hydrogens is 402 g/mol. The predicted octanol–water partition coefficient (Wildman–Crippen LogP) is 4.14. The van der Waals surface area contributed by atoms with Crippen molar-refractivity contribution in [2.45, 2.75) is 42.4 Å². The van der Waals surface area contributed by atoms with E-state index < -0.39 is 0 Å². The first-order valence-corrected chi connectivity index (χ1v) is 12.0. The van der Waals surface area contributed by atoms with Crippen LogP contribution in [-0.4, -0.2) is 41.6 Å². The van der Waals surface area contributed by atoms with Crippen molar-refractivity contribution in [2.75, 3.05) is 25.0 Å². The van der Waals surface area contributed by atoms with E-state index in [-0.39, 0.29) is 29.5 Å². The van der Waals surface area contributed by atoms with Crippen LogP contribution < -0.4 is 10.6 Å². The van der Waals surface area contributed by atoms with Gasteiger partial charge >= 0.3 is 0 Å². The molecule has 5 nitrogen and oxygen atoms in total. The van der Waals surface area contributed by atoms with Crippen LogP contribution in [-0.2, 0) is 9.59 Å². The lowest BCUT2D eigenvalue weighted by atomic mass is 9.97. The van der Waals surface area contributed by atoms with Crippen LogP contribution in [0.5, 0.6) is 0 Å². The molecule has 0 aliphatic carbocycles. The van der Waals surface area contributed by atoms with Crippen LogP contribution >= 0.6 is 23.1 Å². The van der Waals surface area contributed by atoms with E-state index >= 15 is 0 Å². The monoisotopic (exact) mass is 429 g/mol. The van der Waals surface area contributed by atoms with Gasteiger partial charge in [0.25, 0.3) is 0 Å². The highest BCUT2D eigenvalue weighted by Crippen LogP contribution is 2.36. The van der Waals surface area contributed by atoms with Crippen molar-refractivity contribution in [1.29, 1.82) is 0 Å². The zero-order chi connectivity index (χ0) is 20.2. The first kappa shape index (κ1) is 20.4. The van der Waals surface area contributed by atoms with E-state index in [1.165, 1.54) is 29.5 Å². The Labute approximate surface area is 180 Å². The second-order valence-electron chi connectivity index (χ2n) is 7.85. The van der Waals surface area contributed by atoms with Crippen molar-refractivity contribution >= 4 is 40.6 Å². The molecule has 4 rings (SSSR count). The standard InChI is InChI=1S/C22H27N3O2S2/c1-15-8-10-25(11-9-15)17(19-7-4-12-28-19)14-23-21(26)13-20-22(27)24-16-5-2-3-6-18(16)29-20/h2-7,12,15,17,20H,8-11,13-14H2,1H3,(H,23,26)(H,24,27). The molecule has 0 saturated carbocycles. The van der Waals surface area contributed by atoms with Crippen LogP contribution in [0.2, 0.25) is 0 Å². The predicted molar refractivity (Wildman–Crippen MR) is 119 cm³/mol. The number of para-hydroxylation sites is 1. The molecule has 1 aromatic heterocycles. The Morgan fingerprint density at radius 3 is 2.79 bits per heavy atom. The second-order valence-corrected chi connectivity index (χ2v) is 10.1. The van der Waals surface area contributed by atoms with Crippen LogP contribution in [0.1, 0.15) is 37.1 Å². The van der Waals surface area contributed by atoms with Crippen molar-refractivity contribution in [3.05, 3.63) is 46.7 Å². The second kappa shape index (κ2) is 9.32. The summed E-state index contributed by atoms with van der Waals surface area (Å²) in [6.07, 6.45) is 2.60. The third kappa shape index (κ3) is 5.02. The minimum atomic E-state index is -0.388. The minimum absolute atomic E-state index is 0.0658. The van der Waals surface area contributed by atoms with Crippen LogP contribution in [0, 0.1) is 5.92 Å². The molecule has 154 valence electrons. The van der Waals surface area contributed by atoms with Crippen LogP contribution in [0.25, 0.3) is 0 Å². The summed E-state index contributed by atoms with van der Waals surface area (Å²) in [4.78, 5) is 29.8. The van der Waals surface area contributed by atoms with Crippen LogP contribution in [0.15, 0.2) is 46.7 Å². The van der Waals surface area contributed by atoms with Crippen molar-refractivity contribution in [2.24, 2.45) is 5.92 Å². The molecule has 3 heterocycles. The number of thiophene rings is 1. The number of fused-ring (bicyclic) bond motifs is 1. The van der Waals surface area contributed by atoms with Gasteiger partial charge in [0.15, 0.2) is 0 Å². The number of rotatable bonds is 6. The highest BCUT2D eigenvalue weighted by Gasteiger charge is 2.30. The quantitative estimate of drug-likeness (QED) is 0.725. The third-order valence-corrected chi connectivity index (χ3v) is 7.95. The molecule has 2 N–H and O–H groups in total. The Morgan fingerprint density at radius 1 is 1.24 bits per heavy atom. The minimum Gasteiger partial charge on any atom is -0.354 e. The maximum atomic E-state index is 12.7. The summed E-state index contributed by atoms with van der Waals surface area (Å²) in [5.74, 6) is 0.613.